The van der Waals surface area contributed by atoms with Crippen LogP contribution >= 0.6 is 0 Å². The minimum absolute atomic E-state index is 0.799. The van der Waals surface area contributed by atoms with Crippen molar-refractivity contribution in [1.82, 2.24) is 4.98 Å². The number of rotatable bonds is 3. The normalized spacial score (nSPS) is 9.88. The van der Waals surface area contributed by atoms with Crippen LogP contribution in [0.1, 0.15) is 0 Å². The molecule has 0 bridgehead atoms. The van der Waals surface area contributed by atoms with E-state index in [2.05, 4.69) is 10.4 Å². The van der Waals surface area contributed by atoms with Gasteiger partial charge in [0.25, 0.3) is 0 Å². The third kappa shape index (κ3) is 1.97. The summed E-state index contributed by atoms with van der Waals surface area (Å²) in [6.07, 6.45) is 1.74. The van der Waals surface area contributed by atoms with Gasteiger partial charge in [-0.3, -0.25) is 10.8 Å². The van der Waals surface area contributed by atoms with Crippen LogP contribution in [0.4, 0.5) is 5.69 Å². The van der Waals surface area contributed by atoms with Gasteiger partial charge < -0.3 is 10.2 Å². The first-order valence-electron chi connectivity index (χ1n) is 4.91. The topological polar surface area (TPSA) is 60.2 Å². The molecule has 0 fully saturated rings. The van der Waals surface area contributed by atoms with E-state index in [1.54, 1.807) is 13.3 Å². The molecule has 16 heavy (non-hydrogen) atoms. The van der Waals surface area contributed by atoms with Gasteiger partial charge in [-0.2, -0.15) is 0 Å². The summed E-state index contributed by atoms with van der Waals surface area (Å²) < 4.78 is 5.10. The predicted molar refractivity (Wildman–Crippen MR) is 64.0 cm³/mol. The minimum Gasteiger partial charge on any atom is -0.497 e. The lowest BCUT2D eigenvalue weighted by Crippen LogP contribution is -2.08. The number of nitrogens with two attached hydrogens (primary N) is 1. The van der Waals surface area contributed by atoms with Crippen molar-refractivity contribution in [3.8, 4) is 17.0 Å². The molecule has 0 amide bonds. The molecule has 1 heterocycles. The monoisotopic (exact) mass is 215 g/mol. The lowest BCUT2D eigenvalue weighted by molar-refractivity contribution is 0.415. The Labute approximate surface area is 94.0 Å². The van der Waals surface area contributed by atoms with Crippen LogP contribution in [0.5, 0.6) is 5.75 Å². The molecule has 3 N–H and O–H groups in total. The van der Waals surface area contributed by atoms with Crippen LogP contribution in [-0.4, -0.2) is 12.1 Å². The summed E-state index contributed by atoms with van der Waals surface area (Å²) in [6, 6.07) is 11.4. The number of aromatic nitrogens is 1. The molecule has 0 saturated carbocycles. The average Bonchev–Trinajstić information content (AvgIpc) is 2.39. The summed E-state index contributed by atoms with van der Waals surface area (Å²) in [5.41, 5.74) is 5.25. The van der Waals surface area contributed by atoms with Gasteiger partial charge in [0.05, 0.1) is 18.5 Å². The number of nitrogens with one attached hydrogen (secondary N) is 1. The number of hydrogen-bond acceptors (Lipinski definition) is 4. The van der Waals surface area contributed by atoms with E-state index < -0.39 is 0 Å². The highest BCUT2D eigenvalue weighted by Crippen LogP contribution is 2.26. The van der Waals surface area contributed by atoms with Crippen LogP contribution in [-0.2, 0) is 0 Å². The molecule has 0 spiro atoms. The molecule has 2 rings (SSSR count). The second-order valence-electron chi connectivity index (χ2n) is 3.27. The van der Waals surface area contributed by atoms with Crippen LogP contribution in [0, 0.1) is 0 Å². The Morgan fingerprint density at radius 3 is 2.56 bits per heavy atom. The van der Waals surface area contributed by atoms with Crippen LogP contribution in [0.25, 0.3) is 11.3 Å². The van der Waals surface area contributed by atoms with E-state index in [1.807, 2.05) is 36.4 Å². The highest BCUT2D eigenvalue weighted by molar-refractivity contribution is 5.73. The fourth-order valence-corrected chi connectivity index (χ4v) is 1.50. The number of hydrazine groups is 1. The van der Waals surface area contributed by atoms with E-state index in [-0.39, 0.29) is 0 Å². The lowest BCUT2D eigenvalue weighted by atomic mass is 10.1. The molecular formula is C12H13N3O. The number of pyridine rings is 1. The Balaban J connectivity index is 2.42. The van der Waals surface area contributed by atoms with Crippen molar-refractivity contribution >= 4 is 5.69 Å². The summed E-state index contributed by atoms with van der Waals surface area (Å²) in [4.78, 5) is 4.29. The number of nitrogens with zero attached hydrogens (tertiary/aromatic N) is 1. The maximum atomic E-state index is 5.43. The summed E-state index contributed by atoms with van der Waals surface area (Å²) in [5.74, 6) is 6.25. The first-order valence-corrected chi connectivity index (χ1v) is 4.91. The molecule has 4 heteroatoms. The van der Waals surface area contributed by atoms with Gasteiger partial charge in [-0.25, -0.2) is 0 Å². The molecule has 0 radical (unpaired) electrons. The fraction of sp³-hybridized carbons (Fsp3) is 0.0833. The maximum absolute atomic E-state index is 5.43. The third-order valence-electron chi connectivity index (χ3n) is 2.33. The van der Waals surface area contributed by atoms with Crippen molar-refractivity contribution in [2.75, 3.05) is 12.5 Å². The van der Waals surface area contributed by atoms with Crippen molar-refractivity contribution in [2.24, 2.45) is 5.84 Å². The van der Waals surface area contributed by atoms with Gasteiger partial charge in [0.2, 0.25) is 0 Å². The van der Waals surface area contributed by atoms with Gasteiger partial charge in [-0.1, -0.05) is 0 Å². The maximum Gasteiger partial charge on any atom is 0.118 e. The zero-order chi connectivity index (χ0) is 11.4. The van der Waals surface area contributed by atoms with E-state index in [1.165, 1.54) is 0 Å². The molecule has 0 unspecified atom stereocenters. The molecule has 1 aromatic carbocycles. The third-order valence-corrected chi connectivity index (χ3v) is 2.33. The smallest absolute Gasteiger partial charge is 0.118 e. The molecule has 82 valence electrons. The molecule has 0 atom stereocenters. The highest BCUT2D eigenvalue weighted by Gasteiger charge is 2.04. The second-order valence-corrected chi connectivity index (χ2v) is 3.27. The second kappa shape index (κ2) is 4.63. The number of anilines is 1. The summed E-state index contributed by atoms with van der Waals surface area (Å²) in [7, 11) is 1.64. The first kappa shape index (κ1) is 10.4. The van der Waals surface area contributed by atoms with Gasteiger partial charge in [-0.15, -0.1) is 0 Å². The Bertz CT molecular complexity index is 468. The van der Waals surface area contributed by atoms with Crippen LogP contribution < -0.4 is 16.0 Å². The quantitative estimate of drug-likeness (QED) is 0.607. The van der Waals surface area contributed by atoms with Crippen molar-refractivity contribution in [2.45, 2.75) is 0 Å². The Hall–Kier alpha value is -2.07. The van der Waals surface area contributed by atoms with Crippen molar-refractivity contribution in [3.05, 3.63) is 42.6 Å². The van der Waals surface area contributed by atoms with Crippen molar-refractivity contribution in [3.63, 3.8) is 0 Å². The van der Waals surface area contributed by atoms with Crippen molar-refractivity contribution < 1.29 is 4.74 Å². The molecule has 1 aromatic heterocycles. The molecule has 2 aromatic rings. The van der Waals surface area contributed by atoms with E-state index in [0.717, 1.165) is 22.7 Å². The molecule has 0 aliphatic heterocycles. The number of nitrogen functional groups attached to an aromatic ring is 1. The predicted octanol–water partition coefficient (Wildman–Crippen LogP) is 2.04. The Morgan fingerprint density at radius 1 is 1.19 bits per heavy atom. The van der Waals surface area contributed by atoms with Gasteiger partial charge >= 0.3 is 0 Å². The van der Waals surface area contributed by atoms with Gasteiger partial charge in [-0.05, 0) is 36.4 Å². The molecule has 0 aliphatic carbocycles. The van der Waals surface area contributed by atoms with E-state index >= 15 is 0 Å². The lowest BCUT2D eigenvalue weighted by Gasteiger charge is -2.07. The van der Waals surface area contributed by atoms with Crippen LogP contribution in [0.3, 0.4) is 0 Å². The zero-order valence-corrected chi connectivity index (χ0v) is 8.97. The average molecular weight is 215 g/mol. The molecule has 0 aliphatic rings. The summed E-state index contributed by atoms with van der Waals surface area (Å²) in [6.45, 7) is 0. The van der Waals surface area contributed by atoms with E-state index in [0.29, 0.717) is 0 Å². The SMILES string of the molecule is COc1ccc(-c2ncccc2NN)cc1. The molecule has 4 nitrogen and oxygen atoms in total. The van der Waals surface area contributed by atoms with Gasteiger partial charge in [0.1, 0.15) is 5.75 Å². The Kier molecular flexibility index (Phi) is 3.03. The fourth-order valence-electron chi connectivity index (χ4n) is 1.50. The van der Waals surface area contributed by atoms with Gasteiger partial charge in [0, 0.05) is 11.8 Å². The molecular weight excluding hydrogens is 202 g/mol. The van der Waals surface area contributed by atoms with Crippen LogP contribution in [0.15, 0.2) is 42.6 Å². The van der Waals surface area contributed by atoms with Crippen molar-refractivity contribution in [1.29, 1.82) is 0 Å². The number of ether oxygens (including phenoxy) is 1. The first-order chi connectivity index (χ1) is 7.85. The molecule has 0 saturated heterocycles. The summed E-state index contributed by atoms with van der Waals surface area (Å²) in [5, 5.41) is 0. The Morgan fingerprint density at radius 2 is 1.94 bits per heavy atom. The van der Waals surface area contributed by atoms with E-state index in [9.17, 15) is 0 Å². The highest BCUT2D eigenvalue weighted by atomic mass is 16.5. The van der Waals surface area contributed by atoms with Gasteiger partial charge in [0.15, 0.2) is 0 Å². The zero-order valence-electron chi connectivity index (χ0n) is 8.97. The summed E-state index contributed by atoms with van der Waals surface area (Å²) >= 11 is 0. The minimum atomic E-state index is 0.799. The van der Waals surface area contributed by atoms with Crippen LogP contribution in [0.2, 0.25) is 0 Å². The number of methoxy groups -OCH3 is 1. The largest absolute Gasteiger partial charge is 0.497 e. The van der Waals surface area contributed by atoms with E-state index in [4.69, 9.17) is 10.6 Å². The number of hydrogen-bond donors (Lipinski definition) is 2. The number of benzene rings is 1. The standard InChI is InChI=1S/C12H13N3O/c1-16-10-6-4-9(5-7-10)12-11(15-13)3-2-8-14-12/h2-8,15H,13H2,1H3.